The van der Waals surface area contributed by atoms with E-state index >= 15 is 0 Å². The zero-order valence-electron chi connectivity index (χ0n) is 32.7. The fourth-order valence-corrected chi connectivity index (χ4v) is 58.3. The van der Waals surface area contributed by atoms with Gasteiger partial charge in [0.25, 0.3) is 0 Å². The second-order valence-electron chi connectivity index (χ2n) is 21.4. The van der Waals surface area contributed by atoms with E-state index in [0.29, 0.717) is 0 Å². The van der Waals surface area contributed by atoms with Gasteiger partial charge in [-0.3, -0.25) is 0 Å². The second kappa shape index (κ2) is 12.9. The molecule has 0 bridgehead atoms. The third-order valence-electron chi connectivity index (χ3n) is 9.38. The number of benzene rings is 1. The van der Waals surface area contributed by atoms with Crippen molar-refractivity contribution in [3.63, 3.8) is 0 Å². The van der Waals surface area contributed by atoms with Crippen LogP contribution >= 0.6 is 0 Å². The summed E-state index contributed by atoms with van der Waals surface area (Å²) in [5, 5.41) is 2.33. The summed E-state index contributed by atoms with van der Waals surface area (Å²) in [6.45, 7) is 55.9. The second-order valence-corrected chi connectivity index (χ2v) is 61.2. The molecule has 1 aromatic rings. The summed E-state index contributed by atoms with van der Waals surface area (Å²) < 4.78 is 6.54. The van der Waals surface area contributed by atoms with E-state index in [1.165, 1.54) is 0 Å². The summed E-state index contributed by atoms with van der Waals surface area (Å²) >= 11 is -2.39. The van der Waals surface area contributed by atoms with Gasteiger partial charge in [-0.15, -0.1) is 0 Å². The zero-order chi connectivity index (χ0) is 33.9. The van der Waals surface area contributed by atoms with E-state index in [4.69, 9.17) is 0 Å². The molecule has 0 N–H and O–H groups in total. The van der Waals surface area contributed by atoms with Crippen LogP contribution in [0, 0.1) is 5.41 Å². The van der Waals surface area contributed by atoms with Gasteiger partial charge in [0.05, 0.1) is 0 Å². The molecule has 7 heteroatoms. The molecule has 0 unspecified atom stereocenters. The molecule has 1 heterocycles. The van der Waals surface area contributed by atoms with Crippen LogP contribution < -0.4 is 3.58 Å². The Kier molecular flexibility index (Phi) is 12.0. The molecular weight excluding hydrogens is 720 g/mol. The van der Waals surface area contributed by atoms with E-state index in [9.17, 15) is 0 Å². The van der Waals surface area contributed by atoms with E-state index in [-0.39, 0.29) is 5.41 Å². The van der Waals surface area contributed by atoms with E-state index in [1.807, 2.05) is 14.7 Å². The fourth-order valence-electron chi connectivity index (χ4n) is 9.76. The first-order chi connectivity index (χ1) is 18.8. The van der Waals surface area contributed by atoms with Crippen molar-refractivity contribution in [3.8, 4) is 0 Å². The number of hydrogen-bond donors (Lipinski definition) is 0. The zero-order valence-corrected chi connectivity index (χ0v) is 41.6. The Labute approximate surface area is 283 Å². The van der Waals surface area contributed by atoms with Gasteiger partial charge in [0.2, 0.25) is 0 Å². The monoisotopic (exact) mass is 792 g/mol. The summed E-state index contributed by atoms with van der Waals surface area (Å²) in [6.07, 6.45) is 7.38. The van der Waals surface area contributed by atoms with Gasteiger partial charge >= 0.3 is 285 Å². The molecule has 1 aliphatic heterocycles. The van der Waals surface area contributed by atoms with Gasteiger partial charge in [-0.05, 0) is 0 Å². The SMILES string of the molecule is CC(C)(C)[C]1=[Sn]([c]2c(C([Si](C)(C)C)[Si](C)(C)C)cc(C([Si](C)(C)C)[Si](C)(C)C)cc2C([Si](C)(C)C)[Si](C)(C)C)[CH]=CC=C1. The number of hydrogen-bond acceptors (Lipinski definition) is 0. The summed E-state index contributed by atoms with van der Waals surface area (Å²) in [5.41, 5.74) is 5.74. The first-order valence-corrected chi connectivity index (χ1v) is 43.0. The Hall–Kier alpha value is 0.670. The minimum atomic E-state index is -2.39. The maximum absolute atomic E-state index is 2.92. The van der Waals surface area contributed by atoms with Gasteiger partial charge in [0.1, 0.15) is 0 Å². The Morgan fingerprint density at radius 3 is 1.09 bits per heavy atom. The van der Waals surface area contributed by atoms with Crippen LogP contribution in [0.5, 0.6) is 0 Å². The van der Waals surface area contributed by atoms with Crippen LogP contribution in [-0.4, -0.2) is 71.2 Å². The molecule has 0 saturated carbocycles. The van der Waals surface area contributed by atoms with E-state index in [0.717, 1.165) is 15.5 Å². The van der Waals surface area contributed by atoms with Crippen LogP contribution in [0.1, 0.15) is 53.0 Å². The molecule has 1 aliphatic rings. The molecule has 244 valence electrons. The Bertz CT molecular complexity index is 1160. The molecular formula is C36H72Si6Sn. The molecule has 2 rings (SSSR count). The normalized spacial score (nSPS) is 16.4. The van der Waals surface area contributed by atoms with Crippen LogP contribution in [0.4, 0.5) is 0 Å². The predicted molar refractivity (Wildman–Crippen MR) is 223 cm³/mol. The van der Waals surface area contributed by atoms with Gasteiger partial charge in [0, 0.05) is 0 Å². The molecule has 0 fully saturated rings. The first kappa shape index (κ1) is 39.8. The first-order valence-electron chi connectivity index (χ1n) is 17.1. The molecule has 0 aromatic heterocycles. The van der Waals surface area contributed by atoms with Crippen molar-refractivity contribution < 1.29 is 0 Å². The summed E-state index contributed by atoms with van der Waals surface area (Å²) in [7, 11) is -9.09. The topological polar surface area (TPSA) is 0 Å². The molecule has 0 radical (unpaired) electrons. The standard InChI is InChI=1S/C27H59Si6.C9H13.Sn/c1-28(2,3)25(29(4,5)6)22-19-23(26(30(7,8)9)31(10,11)12)21-24(20-22)27(32(13,14)15)33(16,17)18;1-5-6-7-8-9(2,3)4;/h19-20,25-27H,1-18H3;1,5-7H,2-4H3;. The van der Waals surface area contributed by atoms with Crippen molar-refractivity contribution in [3.05, 3.63) is 51.1 Å². The molecule has 0 aliphatic carbocycles. The van der Waals surface area contributed by atoms with E-state index in [1.54, 1.807) is 9.08 Å². The van der Waals surface area contributed by atoms with Crippen molar-refractivity contribution in [1.29, 1.82) is 0 Å². The Balaban J connectivity index is 3.51. The predicted octanol–water partition coefficient (Wildman–Crippen LogP) is 11.4. The van der Waals surface area contributed by atoms with Crippen LogP contribution in [-0.2, 0) is 0 Å². The molecule has 0 nitrogen and oxygen atoms in total. The molecule has 0 saturated heterocycles. The summed E-state index contributed by atoms with van der Waals surface area (Å²) in [6, 6.07) is 5.85. The van der Waals surface area contributed by atoms with Crippen molar-refractivity contribution in [2.45, 2.75) is 154 Å². The van der Waals surface area contributed by atoms with Gasteiger partial charge in [-0.1, -0.05) is 0 Å². The van der Waals surface area contributed by atoms with Gasteiger partial charge in [0.15, 0.2) is 0 Å². The van der Waals surface area contributed by atoms with Crippen molar-refractivity contribution in [2.24, 2.45) is 5.41 Å². The van der Waals surface area contributed by atoms with E-state index in [2.05, 4.69) is 173 Å². The number of rotatable bonds is 10. The third kappa shape index (κ3) is 9.62. The summed E-state index contributed by atoms with van der Waals surface area (Å²) in [4.78, 5) is 0. The average Bonchev–Trinajstić information content (AvgIpc) is 2.66. The van der Waals surface area contributed by atoms with Crippen molar-refractivity contribution in [2.75, 3.05) is 0 Å². The molecule has 0 spiro atoms. The van der Waals surface area contributed by atoms with E-state index < -0.39 is 67.7 Å². The molecule has 0 atom stereocenters. The quantitative estimate of drug-likeness (QED) is 0.207. The van der Waals surface area contributed by atoms with Crippen LogP contribution in [0.25, 0.3) is 0 Å². The molecule has 0 amide bonds. The molecule has 1 aromatic carbocycles. The van der Waals surface area contributed by atoms with Gasteiger partial charge in [-0.2, -0.15) is 0 Å². The van der Waals surface area contributed by atoms with Crippen LogP contribution in [0.3, 0.4) is 0 Å². The Morgan fingerprint density at radius 2 is 0.814 bits per heavy atom. The Morgan fingerprint density at radius 1 is 0.488 bits per heavy atom. The molecule has 43 heavy (non-hydrogen) atoms. The summed E-state index contributed by atoms with van der Waals surface area (Å²) in [5.74, 6) is 0. The fraction of sp³-hybridized carbons (Fsp3) is 0.694. The van der Waals surface area contributed by atoms with Gasteiger partial charge < -0.3 is 0 Å². The van der Waals surface area contributed by atoms with Gasteiger partial charge in [-0.25, -0.2) is 0 Å². The minimum absolute atomic E-state index is 0.212. The van der Waals surface area contributed by atoms with Crippen LogP contribution in [0.2, 0.25) is 118 Å². The average molecular weight is 792 g/mol. The maximum atomic E-state index is 2.92. The number of allylic oxidation sites excluding steroid dienone is 3. The third-order valence-corrected chi connectivity index (χ3v) is 46.2. The van der Waals surface area contributed by atoms with Crippen molar-refractivity contribution >= 4 is 74.8 Å². The van der Waals surface area contributed by atoms with Crippen molar-refractivity contribution in [1.82, 2.24) is 0 Å². The van der Waals surface area contributed by atoms with Crippen LogP contribution in [0.15, 0.2) is 34.5 Å².